The van der Waals surface area contributed by atoms with Crippen LogP contribution in [0.15, 0.2) is 6.07 Å². The number of carbonyl (C=O) groups is 1. The molecule has 1 aromatic heterocycles. The summed E-state index contributed by atoms with van der Waals surface area (Å²) in [6.07, 6.45) is 0.891. The number of hydrogen-bond acceptors (Lipinski definition) is 3. The van der Waals surface area contributed by atoms with Gasteiger partial charge in [0.1, 0.15) is 5.54 Å². The van der Waals surface area contributed by atoms with E-state index in [1.165, 1.54) is 0 Å². The Morgan fingerprint density at radius 2 is 2.18 bits per heavy atom. The van der Waals surface area contributed by atoms with Gasteiger partial charge in [-0.25, -0.2) is 0 Å². The molecule has 96 valence electrons. The van der Waals surface area contributed by atoms with Crippen molar-refractivity contribution in [3.63, 3.8) is 0 Å². The zero-order valence-electron chi connectivity index (χ0n) is 10.9. The lowest BCUT2D eigenvalue weighted by atomic mass is 10.1. The van der Waals surface area contributed by atoms with Crippen LogP contribution in [0.2, 0.25) is 0 Å². The van der Waals surface area contributed by atoms with Gasteiger partial charge in [-0.3, -0.25) is 14.8 Å². The van der Waals surface area contributed by atoms with E-state index in [4.69, 9.17) is 5.11 Å². The summed E-state index contributed by atoms with van der Waals surface area (Å²) in [5, 5.41) is 16.5. The van der Waals surface area contributed by atoms with Crippen molar-refractivity contribution in [2.24, 2.45) is 0 Å². The molecular weight excluding hydrogens is 218 g/mol. The third kappa shape index (κ3) is 3.30. The third-order valence-corrected chi connectivity index (χ3v) is 2.82. The standard InChI is InChI=1S/C12H21N3O2/c1-5-9-7-10(15(6-2)14-9)8-13-12(3,4)11(16)17/h7,13H,5-6,8H2,1-4H3,(H,16,17). The van der Waals surface area contributed by atoms with Crippen molar-refractivity contribution in [1.82, 2.24) is 15.1 Å². The van der Waals surface area contributed by atoms with Crippen molar-refractivity contribution in [1.29, 1.82) is 0 Å². The molecule has 0 saturated heterocycles. The van der Waals surface area contributed by atoms with Crippen LogP contribution in [0.5, 0.6) is 0 Å². The van der Waals surface area contributed by atoms with Gasteiger partial charge in [-0.15, -0.1) is 0 Å². The lowest BCUT2D eigenvalue weighted by Gasteiger charge is -2.21. The fourth-order valence-corrected chi connectivity index (χ4v) is 1.49. The Bertz CT molecular complexity index is 396. The van der Waals surface area contributed by atoms with Crippen molar-refractivity contribution >= 4 is 5.97 Å². The highest BCUT2D eigenvalue weighted by atomic mass is 16.4. The van der Waals surface area contributed by atoms with E-state index in [0.717, 1.165) is 24.4 Å². The summed E-state index contributed by atoms with van der Waals surface area (Å²) < 4.78 is 1.91. The largest absolute Gasteiger partial charge is 0.480 e. The normalized spacial score (nSPS) is 11.8. The van der Waals surface area contributed by atoms with Gasteiger partial charge >= 0.3 is 5.97 Å². The first-order valence-corrected chi connectivity index (χ1v) is 5.94. The summed E-state index contributed by atoms with van der Waals surface area (Å²) in [5.74, 6) is -0.851. The van der Waals surface area contributed by atoms with Gasteiger partial charge in [-0.05, 0) is 33.3 Å². The van der Waals surface area contributed by atoms with Crippen LogP contribution in [0.25, 0.3) is 0 Å². The van der Waals surface area contributed by atoms with Crippen molar-refractivity contribution in [2.75, 3.05) is 0 Å². The fraction of sp³-hybridized carbons (Fsp3) is 0.667. The summed E-state index contributed by atoms with van der Waals surface area (Å²) in [6.45, 7) is 8.70. The summed E-state index contributed by atoms with van der Waals surface area (Å²) in [6, 6.07) is 2.02. The third-order valence-electron chi connectivity index (χ3n) is 2.82. The van der Waals surface area contributed by atoms with Crippen LogP contribution in [0.3, 0.4) is 0 Å². The number of carboxylic acids is 1. The van der Waals surface area contributed by atoms with E-state index in [-0.39, 0.29) is 0 Å². The molecule has 0 aliphatic heterocycles. The minimum atomic E-state index is -0.921. The Labute approximate surface area is 102 Å². The van der Waals surface area contributed by atoms with Crippen LogP contribution in [-0.2, 0) is 24.3 Å². The smallest absolute Gasteiger partial charge is 0.323 e. The highest BCUT2D eigenvalue weighted by Crippen LogP contribution is 2.08. The predicted octanol–water partition coefficient (Wildman–Crippen LogP) is 1.42. The monoisotopic (exact) mass is 239 g/mol. The number of hydrogen-bond donors (Lipinski definition) is 2. The highest BCUT2D eigenvalue weighted by molar-refractivity contribution is 5.77. The lowest BCUT2D eigenvalue weighted by molar-refractivity contribution is -0.143. The number of nitrogens with one attached hydrogen (secondary N) is 1. The van der Waals surface area contributed by atoms with Gasteiger partial charge in [0.15, 0.2) is 0 Å². The number of aliphatic carboxylic acids is 1. The molecule has 2 N–H and O–H groups in total. The van der Waals surface area contributed by atoms with E-state index in [1.807, 2.05) is 17.7 Å². The second kappa shape index (κ2) is 5.31. The number of nitrogens with zero attached hydrogens (tertiary/aromatic N) is 2. The van der Waals surface area contributed by atoms with Gasteiger partial charge in [-0.2, -0.15) is 5.10 Å². The molecule has 1 heterocycles. The molecule has 0 atom stereocenters. The summed E-state index contributed by atoms with van der Waals surface area (Å²) in [5.41, 5.74) is 1.14. The SMILES string of the molecule is CCc1cc(CNC(C)(C)C(=O)O)n(CC)n1. The van der Waals surface area contributed by atoms with Crippen molar-refractivity contribution in [3.05, 3.63) is 17.5 Å². The summed E-state index contributed by atoms with van der Waals surface area (Å²) in [4.78, 5) is 11.0. The maximum atomic E-state index is 11.0. The molecule has 0 bridgehead atoms. The molecule has 17 heavy (non-hydrogen) atoms. The zero-order valence-corrected chi connectivity index (χ0v) is 10.9. The maximum absolute atomic E-state index is 11.0. The molecule has 5 nitrogen and oxygen atoms in total. The average Bonchev–Trinajstić information content (AvgIpc) is 2.68. The van der Waals surface area contributed by atoms with Crippen LogP contribution in [0.1, 0.15) is 39.1 Å². The first kappa shape index (κ1) is 13.7. The predicted molar refractivity (Wildman–Crippen MR) is 65.8 cm³/mol. The Morgan fingerprint density at radius 1 is 1.53 bits per heavy atom. The maximum Gasteiger partial charge on any atom is 0.323 e. The van der Waals surface area contributed by atoms with Crippen LogP contribution in [0.4, 0.5) is 0 Å². The molecule has 1 aromatic rings. The van der Waals surface area contributed by atoms with E-state index in [1.54, 1.807) is 13.8 Å². The van der Waals surface area contributed by atoms with Gasteiger partial charge in [0.05, 0.1) is 11.4 Å². The number of aromatic nitrogens is 2. The second-order valence-electron chi connectivity index (χ2n) is 4.58. The van der Waals surface area contributed by atoms with Gasteiger partial charge in [-0.1, -0.05) is 6.92 Å². The molecule has 0 fully saturated rings. The topological polar surface area (TPSA) is 67.2 Å². The van der Waals surface area contributed by atoms with Crippen molar-refractivity contribution in [3.8, 4) is 0 Å². The van der Waals surface area contributed by atoms with Gasteiger partial charge in [0, 0.05) is 13.1 Å². The molecule has 0 aliphatic carbocycles. The lowest BCUT2D eigenvalue weighted by Crippen LogP contribution is -2.46. The first-order chi connectivity index (χ1) is 7.90. The Morgan fingerprint density at radius 3 is 2.65 bits per heavy atom. The van der Waals surface area contributed by atoms with E-state index in [2.05, 4.69) is 17.3 Å². The van der Waals surface area contributed by atoms with Crippen molar-refractivity contribution in [2.45, 2.75) is 52.7 Å². The van der Waals surface area contributed by atoms with Gasteiger partial charge < -0.3 is 5.11 Å². The van der Waals surface area contributed by atoms with Crippen LogP contribution in [0, 0.1) is 0 Å². The number of rotatable bonds is 6. The summed E-state index contributed by atoms with van der Waals surface area (Å²) in [7, 11) is 0. The van der Waals surface area contributed by atoms with Crippen LogP contribution in [-0.4, -0.2) is 26.4 Å². The fourth-order valence-electron chi connectivity index (χ4n) is 1.49. The quantitative estimate of drug-likeness (QED) is 0.788. The Balaban J connectivity index is 2.75. The van der Waals surface area contributed by atoms with E-state index < -0.39 is 11.5 Å². The molecule has 0 saturated carbocycles. The zero-order chi connectivity index (χ0) is 13.1. The molecular formula is C12H21N3O2. The number of aryl methyl sites for hydroxylation is 2. The Kier molecular flexibility index (Phi) is 4.28. The number of carboxylic acid groups (broad SMARTS) is 1. The van der Waals surface area contributed by atoms with Gasteiger partial charge in [0.25, 0.3) is 0 Å². The molecule has 5 heteroatoms. The van der Waals surface area contributed by atoms with Crippen molar-refractivity contribution < 1.29 is 9.90 Å². The minimum Gasteiger partial charge on any atom is -0.480 e. The highest BCUT2D eigenvalue weighted by Gasteiger charge is 2.26. The van der Waals surface area contributed by atoms with Gasteiger partial charge in [0.2, 0.25) is 0 Å². The molecule has 0 aromatic carbocycles. The van der Waals surface area contributed by atoms with Crippen LogP contribution >= 0.6 is 0 Å². The van der Waals surface area contributed by atoms with E-state index in [9.17, 15) is 4.79 Å². The molecule has 0 radical (unpaired) electrons. The summed E-state index contributed by atoms with van der Waals surface area (Å²) >= 11 is 0. The average molecular weight is 239 g/mol. The molecule has 0 spiro atoms. The van der Waals surface area contributed by atoms with Crippen LogP contribution < -0.4 is 5.32 Å². The molecule has 0 amide bonds. The molecule has 0 aliphatic rings. The first-order valence-electron chi connectivity index (χ1n) is 5.94. The second-order valence-corrected chi connectivity index (χ2v) is 4.58. The molecule has 0 unspecified atom stereocenters. The van der Waals surface area contributed by atoms with E-state index >= 15 is 0 Å². The molecule has 1 rings (SSSR count). The minimum absolute atomic E-state index is 0.514. The Hall–Kier alpha value is -1.36. The van der Waals surface area contributed by atoms with E-state index in [0.29, 0.717) is 6.54 Å².